The maximum atomic E-state index is 11.1. The van der Waals surface area contributed by atoms with E-state index in [1.165, 1.54) is 0 Å². The molecule has 0 fully saturated rings. The zero-order chi connectivity index (χ0) is 12.6. The van der Waals surface area contributed by atoms with Crippen LogP contribution in [-0.4, -0.2) is 20.5 Å². The lowest BCUT2D eigenvalue weighted by molar-refractivity contribution is 0.0698. The van der Waals surface area contributed by atoms with Crippen LogP contribution in [0.2, 0.25) is 0 Å². The van der Waals surface area contributed by atoms with Crippen LogP contribution in [0.25, 0.3) is 5.65 Å². The van der Waals surface area contributed by atoms with Crippen molar-refractivity contribution in [2.24, 2.45) is 0 Å². The number of aromatic carboxylic acids is 1. The van der Waals surface area contributed by atoms with E-state index in [1.54, 1.807) is 12.1 Å². The Kier molecular flexibility index (Phi) is 2.88. The first kappa shape index (κ1) is 11.6. The molecule has 1 N–H and O–H groups in total. The Morgan fingerprint density at radius 2 is 2.24 bits per heavy atom. The number of pyridine rings is 1. The minimum absolute atomic E-state index is 0.258. The Morgan fingerprint density at radius 3 is 2.76 bits per heavy atom. The smallest absolute Gasteiger partial charge is 0.339 e. The van der Waals surface area contributed by atoms with Crippen molar-refractivity contribution < 1.29 is 9.90 Å². The van der Waals surface area contributed by atoms with E-state index in [-0.39, 0.29) is 5.56 Å². The lowest BCUT2D eigenvalue weighted by atomic mass is 10.1. The summed E-state index contributed by atoms with van der Waals surface area (Å²) in [5, 5.41) is 9.14. The molecule has 0 atom stereocenters. The molecule has 0 bridgehead atoms. The molecule has 2 heterocycles. The standard InChI is InChI=1S/C13H16N2O2/c1-4-10-11(8(2)3)14-12-9(13(16)17)6-5-7-15(10)12/h5-8H,4H2,1-3H3,(H,16,17). The molecule has 0 radical (unpaired) electrons. The van der Waals surface area contributed by atoms with Crippen molar-refractivity contribution in [2.45, 2.75) is 33.1 Å². The maximum Gasteiger partial charge on any atom is 0.339 e. The molecule has 90 valence electrons. The highest BCUT2D eigenvalue weighted by atomic mass is 16.4. The highest BCUT2D eigenvalue weighted by Crippen LogP contribution is 2.23. The van der Waals surface area contributed by atoms with E-state index in [4.69, 9.17) is 5.11 Å². The molecular weight excluding hydrogens is 216 g/mol. The zero-order valence-corrected chi connectivity index (χ0v) is 10.3. The molecule has 0 aliphatic rings. The predicted octanol–water partition coefficient (Wildman–Crippen LogP) is 2.72. The summed E-state index contributed by atoms with van der Waals surface area (Å²) in [4.78, 5) is 15.6. The Hall–Kier alpha value is -1.84. The van der Waals surface area contributed by atoms with Crippen LogP contribution in [0.3, 0.4) is 0 Å². The van der Waals surface area contributed by atoms with Gasteiger partial charge in [-0.05, 0) is 24.5 Å². The van der Waals surface area contributed by atoms with E-state index in [0.717, 1.165) is 17.8 Å². The van der Waals surface area contributed by atoms with Crippen LogP contribution in [0.15, 0.2) is 18.3 Å². The van der Waals surface area contributed by atoms with Crippen LogP contribution in [0.1, 0.15) is 48.4 Å². The van der Waals surface area contributed by atoms with Crippen molar-refractivity contribution in [3.05, 3.63) is 35.3 Å². The van der Waals surface area contributed by atoms with Crippen molar-refractivity contribution in [1.29, 1.82) is 0 Å². The highest BCUT2D eigenvalue weighted by Gasteiger charge is 2.17. The quantitative estimate of drug-likeness (QED) is 0.885. The number of aryl methyl sites for hydroxylation is 1. The number of carboxylic acids is 1. The number of hydrogen-bond acceptors (Lipinski definition) is 2. The van der Waals surface area contributed by atoms with Crippen LogP contribution in [0, 0.1) is 0 Å². The molecule has 2 aromatic heterocycles. The summed E-state index contributed by atoms with van der Waals surface area (Å²) in [6, 6.07) is 3.34. The van der Waals surface area contributed by atoms with E-state index >= 15 is 0 Å². The van der Waals surface area contributed by atoms with Gasteiger partial charge in [-0.3, -0.25) is 0 Å². The van der Waals surface area contributed by atoms with E-state index in [1.807, 2.05) is 10.6 Å². The van der Waals surface area contributed by atoms with Crippen molar-refractivity contribution in [1.82, 2.24) is 9.38 Å². The van der Waals surface area contributed by atoms with Crippen LogP contribution in [0.4, 0.5) is 0 Å². The van der Waals surface area contributed by atoms with Gasteiger partial charge in [0.25, 0.3) is 0 Å². The van der Waals surface area contributed by atoms with E-state index in [9.17, 15) is 4.79 Å². The molecular formula is C13H16N2O2. The van der Waals surface area contributed by atoms with Gasteiger partial charge in [-0.25, -0.2) is 9.78 Å². The Balaban J connectivity index is 2.81. The molecule has 0 aliphatic heterocycles. The van der Waals surface area contributed by atoms with Gasteiger partial charge in [-0.2, -0.15) is 0 Å². The van der Waals surface area contributed by atoms with Gasteiger partial charge in [-0.15, -0.1) is 0 Å². The van der Waals surface area contributed by atoms with Crippen LogP contribution in [0.5, 0.6) is 0 Å². The molecule has 0 aliphatic carbocycles. The molecule has 0 unspecified atom stereocenters. The van der Waals surface area contributed by atoms with Crippen molar-refractivity contribution in [3.63, 3.8) is 0 Å². The van der Waals surface area contributed by atoms with E-state index in [0.29, 0.717) is 11.6 Å². The van der Waals surface area contributed by atoms with Crippen molar-refractivity contribution in [3.8, 4) is 0 Å². The molecule has 17 heavy (non-hydrogen) atoms. The molecule has 0 saturated heterocycles. The lowest BCUT2D eigenvalue weighted by Gasteiger charge is -2.04. The molecule has 0 spiro atoms. The first-order chi connectivity index (χ1) is 8.06. The summed E-state index contributed by atoms with van der Waals surface area (Å²) in [6.45, 7) is 6.20. The summed E-state index contributed by atoms with van der Waals surface area (Å²) in [5.41, 5.74) is 2.88. The third-order valence-corrected chi connectivity index (χ3v) is 2.89. The Labute approximate surface area is 99.9 Å². The van der Waals surface area contributed by atoms with Crippen LogP contribution in [-0.2, 0) is 6.42 Å². The van der Waals surface area contributed by atoms with Crippen molar-refractivity contribution in [2.75, 3.05) is 0 Å². The van der Waals surface area contributed by atoms with Crippen LogP contribution >= 0.6 is 0 Å². The Morgan fingerprint density at radius 1 is 1.53 bits per heavy atom. The number of carbonyl (C=O) groups is 1. The zero-order valence-electron chi connectivity index (χ0n) is 10.3. The van der Waals surface area contributed by atoms with Crippen molar-refractivity contribution >= 4 is 11.6 Å². The minimum Gasteiger partial charge on any atom is -0.478 e. The Bertz CT molecular complexity index is 570. The second kappa shape index (κ2) is 4.20. The molecule has 0 saturated carbocycles. The molecule has 0 amide bonds. The topological polar surface area (TPSA) is 54.6 Å². The molecule has 0 aromatic carbocycles. The number of fused-ring (bicyclic) bond motifs is 1. The summed E-state index contributed by atoms with van der Waals surface area (Å²) < 4.78 is 1.89. The second-order valence-corrected chi connectivity index (χ2v) is 4.37. The largest absolute Gasteiger partial charge is 0.478 e. The van der Waals surface area contributed by atoms with Gasteiger partial charge >= 0.3 is 5.97 Å². The van der Waals surface area contributed by atoms with Crippen LogP contribution < -0.4 is 0 Å². The highest BCUT2D eigenvalue weighted by molar-refractivity contribution is 5.94. The number of hydrogen-bond donors (Lipinski definition) is 1. The number of aromatic nitrogens is 2. The first-order valence-electron chi connectivity index (χ1n) is 5.79. The minimum atomic E-state index is -0.932. The molecule has 4 nitrogen and oxygen atoms in total. The van der Waals surface area contributed by atoms with Gasteiger partial charge in [0.2, 0.25) is 0 Å². The molecule has 2 aromatic rings. The average Bonchev–Trinajstić information content (AvgIpc) is 2.66. The fraction of sp³-hybridized carbons (Fsp3) is 0.385. The third-order valence-electron chi connectivity index (χ3n) is 2.89. The number of carboxylic acid groups (broad SMARTS) is 1. The van der Waals surface area contributed by atoms with E-state index in [2.05, 4.69) is 25.8 Å². The molecule has 2 rings (SSSR count). The fourth-order valence-corrected chi connectivity index (χ4v) is 2.11. The number of nitrogens with zero attached hydrogens (tertiary/aromatic N) is 2. The summed E-state index contributed by atoms with van der Waals surface area (Å²) >= 11 is 0. The SMILES string of the molecule is CCc1c(C(C)C)nc2c(C(=O)O)cccn12. The lowest BCUT2D eigenvalue weighted by Crippen LogP contribution is -2.01. The van der Waals surface area contributed by atoms with Gasteiger partial charge in [0, 0.05) is 11.9 Å². The summed E-state index contributed by atoms with van der Waals surface area (Å²) in [7, 11) is 0. The average molecular weight is 232 g/mol. The van der Waals surface area contributed by atoms with Gasteiger partial charge in [0.1, 0.15) is 5.56 Å². The normalized spacial score (nSPS) is 11.3. The predicted molar refractivity (Wildman–Crippen MR) is 65.6 cm³/mol. The summed E-state index contributed by atoms with van der Waals surface area (Å²) in [6.07, 6.45) is 2.72. The molecule has 4 heteroatoms. The van der Waals surface area contributed by atoms with E-state index < -0.39 is 5.97 Å². The van der Waals surface area contributed by atoms with Gasteiger partial charge < -0.3 is 9.51 Å². The van der Waals surface area contributed by atoms with Gasteiger partial charge in [-0.1, -0.05) is 20.8 Å². The summed E-state index contributed by atoms with van der Waals surface area (Å²) in [5.74, 6) is -0.634. The first-order valence-corrected chi connectivity index (χ1v) is 5.79. The number of rotatable bonds is 3. The second-order valence-electron chi connectivity index (χ2n) is 4.37. The van der Waals surface area contributed by atoms with Gasteiger partial charge in [0.05, 0.1) is 5.69 Å². The number of imidazole rings is 1. The fourth-order valence-electron chi connectivity index (χ4n) is 2.11. The third kappa shape index (κ3) is 1.79. The monoisotopic (exact) mass is 232 g/mol. The maximum absolute atomic E-state index is 11.1. The van der Waals surface area contributed by atoms with Gasteiger partial charge in [0.15, 0.2) is 5.65 Å².